The molecule has 0 aromatic heterocycles. The Morgan fingerprint density at radius 3 is 2.30 bits per heavy atom. The smallest absolute Gasteiger partial charge is 0.0577 e. The molecule has 58 valence electrons. The minimum atomic E-state index is 0.159. The van der Waals surface area contributed by atoms with Crippen LogP contribution in [0.15, 0.2) is 0 Å². The van der Waals surface area contributed by atoms with Crippen LogP contribution in [0, 0.1) is 18.3 Å². The fraction of sp³-hybridized carbons (Fsp3) is 0.778. The van der Waals surface area contributed by atoms with Crippen molar-refractivity contribution in [3.63, 3.8) is 0 Å². The molecule has 0 aliphatic heterocycles. The summed E-state index contributed by atoms with van der Waals surface area (Å²) in [5.74, 6) is 3.18. The third-order valence-corrected chi connectivity index (χ3v) is 2.09. The molecule has 0 aliphatic carbocycles. The molecule has 10 heavy (non-hydrogen) atoms. The van der Waals surface area contributed by atoms with Crippen molar-refractivity contribution in [3.8, 4) is 12.3 Å². The van der Waals surface area contributed by atoms with Crippen molar-refractivity contribution in [1.29, 1.82) is 0 Å². The van der Waals surface area contributed by atoms with Crippen LogP contribution in [0.2, 0.25) is 0 Å². The van der Waals surface area contributed by atoms with E-state index in [-0.39, 0.29) is 5.54 Å². The third-order valence-electron chi connectivity index (χ3n) is 2.09. The highest BCUT2D eigenvalue weighted by Crippen LogP contribution is 2.13. The number of rotatable bonds is 3. The fourth-order valence-electron chi connectivity index (χ4n) is 0.483. The van der Waals surface area contributed by atoms with Crippen molar-refractivity contribution < 1.29 is 0 Å². The first-order chi connectivity index (χ1) is 4.50. The Labute approximate surface area is 64.2 Å². The van der Waals surface area contributed by atoms with Gasteiger partial charge in [0.25, 0.3) is 0 Å². The minimum Gasteiger partial charge on any atom is -0.301 e. The van der Waals surface area contributed by atoms with Crippen molar-refractivity contribution in [1.82, 2.24) is 5.32 Å². The van der Waals surface area contributed by atoms with Crippen molar-refractivity contribution in [3.05, 3.63) is 0 Å². The van der Waals surface area contributed by atoms with Crippen molar-refractivity contribution in [2.24, 2.45) is 5.92 Å². The Bertz CT molecular complexity index is 128. The Morgan fingerprint density at radius 1 is 1.50 bits per heavy atom. The van der Waals surface area contributed by atoms with Gasteiger partial charge in [0, 0.05) is 5.54 Å². The first-order valence-electron chi connectivity index (χ1n) is 3.69. The summed E-state index contributed by atoms with van der Waals surface area (Å²) in [6, 6.07) is 0. The molecule has 0 fully saturated rings. The predicted octanol–water partition coefficient (Wildman–Crippen LogP) is 1.64. The van der Waals surface area contributed by atoms with E-state index >= 15 is 0 Å². The summed E-state index contributed by atoms with van der Waals surface area (Å²) < 4.78 is 0. The molecule has 1 N–H and O–H groups in total. The van der Waals surface area contributed by atoms with Crippen LogP contribution in [0.1, 0.15) is 27.7 Å². The van der Waals surface area contributed by atoms with Crippen LogP contribution < -0.4 is 5.32 Å². The van der Waals surface area contributed by atoms with Crippen LogP contribution in [-0.4, -0.2) is 12.1 Å². The van der Waals surface area contributed by atoms with Gasteiger partial charge in [0.05, 0.1) is 6.54 Å². The second-order valence-corrected chi connectivity index (χ2v) is 3.43. The van der Waals surface area contributed by atoms with Crippen LogP contribution in [0.5, 0.6) is 0 Å². The monoisotopic (exact) mass is 139 g/mol. The van der Waals surface area contributed by atoms with Gasteiger partial charge >= 0.3 is 0 Å². The maximum absolute atomic E-state index is 5.12. The van der Waals surface area contributed by atoms with E-state index < -0.39 is 0 Å². The molecule has 0 heterocycles. The minimum absolute atomic E-state index is 0.159. The van der Waals surface area contributed by atoms with Gasteiger partial charge in [-0.05, 0) is 19.8 Å². The van der Waals surface area contributed by atoms with E-state index in [1.165, 1.54) is 0 Å². The van der Waals surface area contributed by atoms with E-state index in [0.29, 0.717) is 12.5 Å². The molecular weight excluding hydrogens is 122 g/mol. The standard InChI is InChI=1S/C9H17N/c1-6-7-10-9(4,5)8(2)3/h1,8,10H,7H2,2-5H3. The van der Waals surface area contributed by atoms with Crippen LogP contribution in [0.3, 0.4) is 0 Å². The van der Waals surface area contributed by atoms with Gasteiger partial charge in [0.15, 0.2) is 0 Å². The highest BCUT2D eigenvalue weighted by molar-refractivity contribution is 4.92. The second-order valence-electron chi connectivity index (χ2n) is 3.43. The molecule has 0 atom stereocenters. The molecule has 0 bridgehead atoms. The molecular formula is C9H17N. The van der Waals surface area contributed by atoms with Crippen molar-refractivity contribution in [2.45, 2.75) is 33.2 Å². The first kappa shape index (κ1) is 9.52. The van der Waals surface area contributed by atoms with Gasteiger partial charge in [0.1, 0.15) is 0 Å². The molecule has 0 radical (unpaired) electrons. The summed E-state index contributed by atoms with van der Waals surface area (Å²) in [4.78, 5) is 0. The quantitative estimate of drug-likeness (QED) is 0.586. The van der Waals surface area contributed by atoms with Crippen molar-refractivity contribution in [2.75, 3.05) is 6.54 Å². The molecule has 1 nitrogen and oxygen atoms in total. The van der Waals surface area contributed by atoms with Gasteiger partial charge in [-0.15, -0.1) is 6.42 Å². The number of nitrogens with one attached hydrogen (secondary N) is 1. The molecule has 0 spiro atoms. The summed E-state index contributed by atoms with van der Waals surface area (Å²) in [5.41, 5.74) is 0.159. The lowest BCUT2D eigenvalue weighted by Gasteiger charge is -2.29. The fourth-order valence-corrected chi connectivity index (χ4v) is 0.483. The van der Waals surface area contributed by atoms with Gasteiger partial charge in [-0.1, -0.05) is 19.8 Å². The van der Waals surface area contributed by atoms with Crippen molar-refractivity contribution >= 4 is 0 Å². The van der Waals surface area contributed by atoms with Gasteiger partial charge in [-0.2, -0.15) is 0 Å². The molecule has 0 aromatic carbocycles. The lowest BCUT2D eigenvalue weighted by atomic mass is 9.91. The molecule has 0 aliphatic rings. The van der Waals surface area contributed by atoms with Gasteiger partial charge in [-0.3, -0.25) is 0 Å². The van der Waals surface area contributed by atoms with Gasteiger partial charge in [-0.25, -0.2) is 0 Å². The summed E-state index contributed by atoms with van der Waals surface area (Å²) >= 11 is 0. The topological polar surface area (TPSA) is 12.0 Å². The summed E-state index contributed by atoms with van der Waals surface area (Å²) in [7, 11) is 0. The normalized spacial score (nSPS) is 11.6. The maximum atomic E-state index is 5.12. The van der Waals surface area contributed by atoms with E-state index in [9.17, 15) is 0 Å². The van der Waals surface area contributed by atoms with Crippen LogP contribution in [-0.2, 0) is 0 Å². The Morgan fingerprint density at radius 2 is 2.00 bits per heavy atom. The molecule has 0 amide bonds. The lowest BCUT2D eigenvalue weighted by molar-refractivity contribution is 0.301. The second kappa shape index (κ2) is 3.63. The molecule has 0 saturated carbocycles. The summed E-state index contributed by atoms with van der Waals surface area (Å²) in [6.07, 6.45) is 5.12. The number of hydrogen-bond acceptors (Lipinski definition) is 1. The zero-order valence-electron chi connectivity index (χ0n) is 7.36. The third kappa shape index (κ3) is 2.89. The zero-order valence-corrected chi connectivity index (χ0v) is 7.36. The predicted molar refractivity (Wildman–Crippen MR) is 45.8 cm³/mol. The number of terminal acetylenes is 1. The highest BCUT2D eigenvalue weighted by atomic mass is 14.9. The summed E-state index contributed by atoms with van der Waals surface area (Å²) in [5, 5.41) is 3.27. The Balaban J connectivity index is 3.77. The van der Waals surface area contributed by atoms with E-state index in [2.05, 4.69) is 38.9 Å². The summed E-state index contributed by atoms with van der Waals surface area (Å²) in [6.45, 7) is 9.35. The van der Waals surface area contributed by atoms with E-state index in [0.717, 1.165) is 0 Å². The Kier molecular flexibility index (Phi) is 3.46. The molecule has 0 aromatic rings. The maximum Gasteiger partial charge on any atom is 0.0577 e. The molecule has 1 heteroatoms. The van der Waals surface area contributed by atoms with Crippen LogP contribution in [0.4, 0.5) is 0 Å². The average Bonchev–Trinajstić information content (AvgIpc) is 1.84. The zero-order chi connectivity index (χ0) is 8.20. The first-order valence-corrected chi connectivity index (χ1v) is 3.69. The van der Waals surface area contributed by atoms with Gasteiger partial charge < -0.3 is 5.32 Å². The van der Waals surface area contributed by atoms with Gasteiger partial charge in [0.2, 0.25) is 0 Å². The molecule has 0 saturated heterocycles. The van der Waals surface area contributed by atoms with E-state index in [1.54, 1.807) is 0 Å². The van der Waals surface area contributed by atoms with Crippen LogP contribution >= 0.6 is 0 Å². The molecule has 0 rings (SSSR count). The molecule has 0 unspecified atom stereocenters. The van der Waals surface area contributed by atoms with Crippen LogP contribution in [0.25, 0.3) is 0 Å². The largest absolute Gasteiger partial charge is 0.301 e. The lowest BCUT2D eigenvalue weighted by Crippen LogP contribution is -2.44. The van der Waals surface area contributed by atoms with E-state index in [1.807, 2.05) is 0 Å². The highest BCUT2D eigenvalue weighted by Gasteiger charge is 2.19. The van der Waals surface area contributed by atoms with E-state index in [4.69, 9.17) is 6.42 Å². The average molecular weight is 139 g/mol. The Hall–Kier alpha value is -0.480. The number of hydrogen-bond donors (Lipinski definition) is 1. The SMILES string of the molecule is C#CCNC(C)(C)C(C)C.